The highest BCUT2D eigenvalue weighted by atomic mass is 35.5. The van der Waals surface area contributed by atoms with Gasteiger partial charge in [-0.1, -0.05) is 22.8 Å². The van der Waals surface area contributed by atoms with E-state index in [1.54, 1.807) is 24.3 Å². The van der Waals surface area contributed by atoms with Gasteiger partial charge in [0.05, 0.1) is 12.2 Å². The van der Waals surface area contributed by atoms with Crippen molar-refractivity contribution in [3.8, 4) is 5.75 Å². The second-order valence-electron chi connectivity index (χ2n) is 5.84. The molecule has 24 heavy (non-hydrogen) atoms. The van der Waals surface area contributed by atoms with E-state index in [9.17, 15) is 4.79 Å². The molecule has 1 aliphatic heterocycles. The summed E-state index contributed by atoms with van der Waals surface area (Å²) < 4.78 is 10.8. The van der Waals surface area contributed by atoms with E-state index in [4.69, 9.17) is 20.9 Å². The van der Waals surface area contributed by atoms with Gasteiger partial charge in [0.25, 0.3) is 5.91 Å². The zero-order valence-electron chi connectivity index (χ0n) is 13.6. The summed E-state index contributed by atoms with van der Waals surface area (Å²) in [5.41, 5.74) is 0.886. The van der Waals surface area contributed by atoms with Gasteiger partial charge in [-0.15, -0.1) is 0 Å². The van der Waals surface area contributed by atoms with E-state index in [1.165, 1.54) is 0 Å². The molecule has 0 aliphatic carbocycles. The topological polar surface area (TPSA) is 58.8 Å². The lowest BCUT2D eigenvalue weighted by Crippen LogP contribution is -2.49. The van der Waals surface area contributed by atoms with Crippen LogP contribution in [0, 0.1) is 6.92 Å². The van der Waals surface area contributed by atoms with Crippen molar-refractivity contribution in [2.45, 2.75) is 13.5 Å². The normalized spacial score (nSPS) is 15.5. The molecule has 0 N–H and O–H groups in total. The van der Waals surface area contributed by atoms with Crippen LogP contribution in [-0.4, -0.2) is 53.6 Å². The van der Waals surface area contributed by atoms with E-state index >= 15 is 0 Å². The van der Waals surface area contributed by atoms with Crippen LogP contribution in [0.5, 0.6) is 5.75 Å². The number of halogens is 1. The van der Waals surface area contributed by atoms with Crippen molar-refractivity contribution in [1.82, 2.24) is 15.0 Å². The van der Waals surface area contributed by atoms with Gasteiger partial charge >= 0.3 is 0 Å². The standard InChI is InChI=1S/C17H20ClN3O3/c1-13-9-16(24-19-13)11-20-5-7-21(8-6-20)17(22)12-23-15-4-2-3-14(18)10-15/h2-4,9-10H,5-8,11-12H2,1H3. The minimum Gasteiger partial charge on any atom is -0.484 e. The van der Waals surface area contributed by atoms with Crippen molar-refractivity contribution in [2.24, 2.45) is 0 Å². The van der Waals surface area contributed by atoms with Gasteiger partial charge < -0.3 is 14.2 Å². The van der Waals surface area contributed by atoms with Crippen molar-refractivity contribution in [2.75, 3.05) is 32.8 Å². The van der Waals surface area contributed by atoms with E-state index in [0.29, 0.717) is 23.9 Å². The number of amides is 1. The van der Waals surface area contributed by atoms with E-state index < -0.39 is 0 Å². The predicted octanol–water partition coefficient (Wildman–Crippen LogP) is 2.36. The minimum absolute atomic E-state index is 0.00913. The van der Waals surface area contributed by atoms with Crippen molar-refractivity contribution in [1.29, 1.82) is 0 Å². The molecule has 0 unspecified atom stereocenters. The summed E-state index contributed by atoms with van der Waals surface area (Å²) in [6.07, 6.45) is 0. The molecule has 0 bridgehead atoms. The Morgan fingerprint density at radius 1 is 1.29 bits per heavy atom. The van der Waals surface area contributed by atoms with Gasteiger partial charge in [-0.05, 0) is 25.1 Å². The van der Waals surface area contributed by atoms with E-state index in [0.717, 1.165) is 31.1 Å². The fraction of sp³-hybridized carbons (Fsp3) is 0.412. The van der Waals surface area contributed by atoms with Crippen LogP contribution in [0.2, 0.25) is 5.02 Å². The van der Waals surface area contributed by atoms with Crippen LogP contribution in [0.4, 0.5) is 0 Å². The van der Waals surface area contributed by atoms with E-state index in [2.05, 4.69) is 10.1 Å². The van der Waals surface area contributed by atoms with Crippen LogP contribution in [0.1, 0.15) is 11.5 Å². The van der Waals surface area contributed by atoms with Gasteiger partial charge in [0.2, 0.25) is 0 Å². The average Bonchev–Trinajstić information content (AvgIpc) is 2.98. The summed E-state index contributed by atoms with van der Waals surface area (Å²) in [4.78, 5) is 16.3. The minimum atomic E-state index is -0.00913. The number of carbonyl (C=O) groups is 1. The molecule has 1 saturated heterocycles. The lowest BCUT2D eigenvalue weighted by atomic mass is 10.3. The molecular weight excluding hydrogens is 330 g/mol. The van der Waals surface area contributed by atoms with Gasteiger partial charge in [0.1, 0.15) is 5.75 Å². The zero-order valence-corrected chi connectivity index (χ0v) is 14.3. The van der Waals surface area contributed by atoms with E-state index in [-0.39, 0.29) is 12.5 Å². The molecule has 1 fully saturated rings. The molecule has 128 valence electrons. The van der Waals surface area contributed by atoms with Crippen LogP contribution in [0.3, 0.4) is 0 Å². The second-order valence-corrected chi connectivity index (χ2v) is 6.27. The first-order chi connectivity index (χ1) is 11.6. The SMILES string of the molecule is Cc1cc(CN2CCN(C(=O)COc3cccc(Cl)c3)CC2)on1. The summed E-state index contributed by atoms with van der Waals surface area (Å²) in [7, 11) is 0. The molecule has 1 amide bonds. The molecule has 6 nitrogen and oxygen atoms in total. The Morgan fingerprint density at radius 2 is 2.08 bits per heavy atom. The first-order valence-corrected chi connectivity index (χ1v) is 8.28. The smallest absolute Gasteiger partial charge is 0.260 e. The number of hydrogen-bond donors (Lipinski definition) is 0. The largest absolute Gasteiger partial charge is 0.484 e. The summed E-state index contributed by atoms with van der Waals surface area (Å²) in [5, 5.41) is 4.49. The summed E-state index contributed by atoms with van der Waals surface area (Å²) in [5.74, 6) is 1.46. The summed E-state index contributed by atoms with van der Waals surface area (Å²) in [6, 6.07) is 9.00. The number of aromatic nitrogens is 1. The van der Waals surface area contributed by atoms with Gasteiger partial charge in [-0.25, -0.2) is 0 Å². The average molecular weight is 350 g/mol. The van der Waals surface area contributed by atoms with Crippen molar-refractivity contribution in [3.63, 3.8) is 0 Å². The van der Waals surface area contributed by atoms with Gasteiger partial charge in [-0.3, -0.25) is 9.69 Å². The molecule has 2 heterocycles. The molecule has 0 saturated carbocycles. The summed E-state index contributed by atoms with van der Waals surface area (Å²) in [6.45, 7) is 5.65. The third kappa shape index (κ3) is 4.49. The number of nitrogens with zero attached hydrogens (tertiary/aromatic N) is 3. The first-order valence-electron chi connectivity index (χ1n) is 7.91. The molecule has 0 spiro atoms. The second kappa shape index (κ2) is 7.68. The highest BCUT2D eigenvalue weighted by molar-refractivity contribution is 6.30. The van der Waals surface area contributed by atoms with Crippen molar-refractivity contribution >= 4 is 17.5 Å². The third-order valence-corrected chi connectivity index (χ3v) is 4.17. The molecule has 3 rings (SSSR count). The van der Waals surface area contributed by atoms with Gasteiger partial charge in [0, 0.05) is 37.3 Å². The molecule has 0 radical (unpaired) electrons. The lowest BCUT2D eigenvalue weighted by Gasteiger charge is -2.34. The Balaban J connectivity index is 1.43. The van der Waals surface area contributed by atoms with E-state index in [1.807, 2.05) is 17.9 Å². The molecule has 0 atom stereocenters. The Hall–Kier alpha value is -2.05. The molecule has 7 heteroatoms. The van der Waals surface area contributed by atoms with Crippen LogP contribution in [0.15, 0.2) is 34.9 Å². The Bertz CT molecular complexity index is 696. The third-order valence-electron chi connectivity index (χ3n) is 3.94. The van der Waals surface area contributed by atoms with Crippen LogP contribution in [0.25, 0.3) is 0 Å². The fourth-order valence-electron chi connectivity index (χ4n) is 2.66. The monoisotopic (exact) mass is 349 g/mol. The maximum Gasteiger partial charge on any atom is 0.260 e. The fourth-order valence-corrected chi connectivity index (χ4v) is 2.84. The summed E-state index contributed by atoms with van der Waals surface area (Å²) >= 11 is 5.90. The number of piperazine rings is 1. The van der Waals surface area contributed by atoms with Crippen LogP contribution in [-0.2, 0) is 11.3 Å². The Labute approximate surface area is 145 Å². The maximum absolute atomic E-state index is 12.2. The molecule has 2 aromatic rings. The molecule has 1 aromatic carbocycles. The van der Waals surface area contributed by atoms with Gasteiger partial charge in [0.15, 0.2) is 12.4 Å². The number of ether oxygens (including phenoxy) is 1. The number of carbonyl (C=O) groups excluding carboxylic acids is 1. The van der Waals surface area contributed by atoms with Gasteiger partial charge in [-0.2, -0.15) is 0 Å². The highest BCUT2D eigenvalue weighted by Gasteiger charge is 2.22. The lowest BCUT2D eigenvalue weighted by molar-refractivity contribution is -0.135. The van der Waals surface area contributed by atoms with Crippen molar-refractivity contribution in [3.05, 3.63) is 46.8 Å². The number of hydrogen-bond acceptors (Lipinski definition) is 5. The maximum atomic E-state index is 12.2. The Kier molecular flexibility index (Phi) is 5.37. The Morgan fingerprint density at radius 3 is 2.75 bits per heavy atom. The number of aryl methyl sites for hydroxylation is 1. The highest BCUT2D eigenvalue weighted by Crippen LogP contribution is 2.17. The van der Waals surface area contributed by atoms with Crippen molar-refractivity contribution < 1.29 is 14.1 Å². The zero-order chi connectivity index (χ0) is 16.9. The first kappa shape index (κ1) is 16.8. The number of benzene rings is 1. The quantitative estimate of drug-likeness (QED) is 0.829. The number of rotatable bonds is 5. The van der Waals surface area contributed by atoms with Crippen LogP contribution < -0.4 is 4.74 Å². The molecule has 1 aliphatic rings. The molecular formula is C17H20ClN3O3. The van der Waals surface area contributed by atoms with Crippen LogP contribution >= 0.6 is 11.6 Å². The predicted molar refractivity (Wildman–Crippen MR) is 90.0 cm³/mol. The molecule has 1 aromatic heterocycles.